The van der Waals surface area contributed by atoms with Crippen LogP contribution in [0.1, 0.15) is 26.2 Å². The summed E-state index contributed by atoms with van der Waals surface area (Å²) in [7, 11) is 0. The van der Waals surface area contributed by atoms with Gasteiger partial charge in [-0.15, -0.1) is 0 Å². The summed E-state index contributed by atoms with van der Waals surface area (Å²) in [4.78, 5) is 0. The van der Waals surface area contributed by atoms with E-state index in [4.69, 9.17) is 10.5 Å². The first-order chi connectivity index (χ1) is 5.86. The number of rotatable bonds is 3. The molecule has 1 fully saturated rings. The van der Waals surface area contributed by atoms with E-state index in [-0.39, 0.29) is 0 Å². The molecular formula is C10H19NO. The number of ether oxygens (including phenoxy) is 1. The van der Waals surface area contributed by atoms with Crippen molar-refractivity contribution in [2.24, 2.45) is 11.7 Å². The first kappa shape index (κ1) is 9.75. The Balaban J connectivity index is 2.39. The van der Waals surface area contributed by atoms with Gasteiger partial charge in [0.15, 0.2) is 0 Å². The second-order valence-electron chi connectivity index (χ2n) is 3.36. The summed E-state index contributed by atoms with van der Waals surface area (Å²) in [5, 5.41) is 0. The molecule has 0 amide bonds. The Labute approximate surface area is 74.8 Å². The Morgan fingerprint density at radius 1 is 1.67 bits per heavy atom. The zero-order valence-corrected chi connectivity index (χ0v) is 7.88. The zero-order chi connectivity index (χ0) is 8.81. The normalized spacial score (nSPS) is 25.8. The van der Waals surface area contributed by atoms with E-state index in [0.29, 0.717) is 12.5 Å². The first-order valence-corrected chi connectivity index (χ1v) is 4.84. The quantitative estimate of drug-likeness (QED) is 0.653. The van der Waals surface area contributed by atoms with E-state index in [1.54, 1.807) is 0 Å². The fraction of sp³-hybridized carbons (Fsp3) is 0.800. The van der Waals surface area contributed by atoms with Crippen LogP contribution in [0, 0.1) is 5.92 Å². The lowest BCUT2D eigenvalue weighted by atomic mass is 9.98. The lowest BCUT2D eigenvalue weighted by molar-refractivity contribution is 0.0707. The SMILES string of the molecule is CC/C(=C\C1CCCOC1)CN. The van der Waals surface area contributed by atoms with E-state index in [2.05, 4.69) is 13.0 Å². The lowest BCUT2D eigenvalue weighted by Crippen LogP contribution is -2.16. The topological polar surface area (TPSA) is 35.2 Å². The van der Waals surface area contributed by atoms with Crippen molar-refractivity contribution in [2.75, 3.05) is 19.8 Å². The highest BCUT2D eigenvalue weighted by Crippen LogP contribution is 2.17. The molecule has 1 atom stereocenters. The Bertz CT molecular complexity index is 142. The fourth-order valence-electron chi connectivity index (χ4n) is 1.56. The van der Waals surface area contributed by atoms with Crippen LogP contribution in [-0.4, -0.2) is 19.8 Å². The molecule has 2 N–H and O–H groups in total. The van der Waals surface area contributed by atoms with E-state index >= 15 is 0 Å². The van der Waals surface area contributed by atoms with Gasteiger partial charge in [-0.05, 0) is 19.3 Å². The molecule has 0 aromatic carbocycles. The van der Waals surface area contributed by atoms with Crippen LogP contribution in [0.2, 0.25) is 0 Å². The molecule has 1 unspecified atom stereocenters. The van der Waals surface area contributed by atoms with Gasteiger partial charge in [0.1, 0.15) is 0 Å². The van der Waals surface area contributed by atoms with Gasteiger partial charge in [-0.25, -0.2) is 0 Å². The van der Waals surface area contributed by atoms with Crippen LogP contribution in [0.5, 0.6) is 0 Å². The minimum Gasteiger partial charge on any atom is -0.381 e. The minimum atomic E-state index is 0.622. The van der Waals surface area contributed by atoms with Crippen LogP contribution in [0.3, 0.4) is 0 Å². The molecule has 70 valence electrons. The van der Waals surface area contributed by atoms with Gasteiger partial charge in [-0.1, -0.05) is 18.6 Å². The largest absolute Gasteiger partial charge is 0.381 e. The third kappa shape index (κ3) is 2.95. The maximum absolute atomic E-state index is 5.59. The van der Waals surface area contributed by atoms with Crippen LogP contribution >= 0.6 is 0 Å². The molecule has 1 rings (SSSR count). The van der Waals surface area contributed by atoms with Gasteiger partial charge in [0, 0.05) is 19.1 Å². The van der Waals surface area contributed by atoms with Crippen LogP contribution in [-0.2, 0) is 4.74 Å². The zero-order valence-electron chi connectivity index (χ0n) is 7.88. The van der Waals surface area contributed by atoms with Crippen molar-refractivity contribution in [1.82, 2.24) is 0 Å². The van der Waals surface area contributed by atoms with Gasteiger partial charge in [0.25, 0.3) is 0 Å². The summed E-state index contributed by atoms with van der Waals surface area (Å²) in [5.74, 6) is 0.622. The van der Waals surface area contributed by atoms with Crippen LogP contribution in [0.4, 0.5) is 0 Å². The molecule has 0 aromatic heterocycles. The average Bonchev–Trinajstić information content (AvgIpc) is 2.16. The van der Waals surface area contributed by atoms with Crippen molar-refractivity contribution in [2.45, 2.75) is 26.2 Å². The van der Waals surface area contributed by atoms with E-state index in [9.17, 15) is 0 Å². The summed E-state index contributed by atoms with van der Waals surface area (Å²) < 4.78 is 5.39. The van der Waals surface area contributed by atoms with Crippen LogP contribution in [0.15, 0.2) is 11.6 Å². The maximum Gasteiger partial charge on any atom is 0.0528 e. The predicted octanol–water partition coefficient (Wildman–Crippen LogP) is 1.71. The molecule has 0 saturated carbocycles. The Kier molecular flexibility index (Phi) is 4.33. The fourth-order valence-corrected chi connectivity index (χ4v) is 1.56. The maximum atomic E-state index is 5.59. The highest BCUT2D eigenvalue weighted by atomic mass is 16.5. The number of hydrogen-bond acceptors (Lipinski definition) is 2. The second-order valence-corrected chi connectivity index (χ2v) is 3.36. The van der Waals surface area contributed by atoms with Gasteiger partial charge in [0.2, 0.25) is 0 Å². The van der Waals surface area contributed by atoms with E-state index < -0.39 is 0 Å². The lowest BCUT2D eigenvalue weighted by Gasteiger charge is -2.19. The molecule has 0 spiro atoms. The van der Waals surface area contributed by atoms with E-state index in [1.807, 2.05) is 0 Å². The molecule has 0 bridgehead atoms. The molecule has 0 aromatic rings. The Morgan fingerprint density at radius 3 is 3.00 bits per heavy atom. The molecule has 2 heteroatoms. The van der Waals surface area contributed by atoms with Gasteiger partial charge in [-0.3, -0.25) is 0 Å². The summed E-state index contributed by atoms with van der Waals surface area (Å²) in [6, 6.07) is 0. The van der Waals surface area contributed by atoms with Gasteiger partial charge in [0.05, 0.1) is 6.61 Å². The molecule has 1 aliphatic rings. The summed E-state index contributed by atoms with van der Waals surface area (Å²) in [6.07, 6.45) is 5.85. The highest BCUT2D eigenvalue weighted by molar-refractivity contribution is 5.05. The first-order valence-electron chi connectivity index (χ1n) is 4.84. The summed E-state index contributed by atoms with van der Waals surface area (Å²) >= 11 is 0. The van der Waals surface area contributed by atoms with Crippen molar-refractivity contribution < 1.29 is 4.74 Å². The van der Waals surface area contributed by atoms with Gasteiger partial charge in [-0.2, -0.15) is 0 Å². The van der Waals surface area contributed by atoms with E-state index in [1.165, 1.54) is 18.4 Å². The molecule has 2 nitrogen and oxygen atoms in total. The third-order valence-electron chi connectivity index (χ3n) is 2.38. The molecule has 1 heterocycles. The molecule has 1 saturated heterocycles. The summed E-state index contributed by atoms with van der Waals surface area (Å²) in [5.41, 5.74) is 6.96. The molecule has 1 aliphatic heterocycles. The van der Waals surface area contributed by atoms with Crippen molar-refractivity contribution in [1.29, 1.82) is 0 Å². The van der Waals surface area contributed by atoms with Crippen molar-refractivity contribution in [3.63, 3.8) is 0 Å². The highest BCUT2D eigenvalue weighted by Gasteiger charge is 2.11. The molecule has 0 radical (unpaired) electrons. The van der Waals surface area contributed by atoms with E-state index in [0.717, 1.165) is 19.6 Å². The van der Waals surface area contributed by atoms with Crippen LogP contribution in [0.25, 0.3) is 0 Å². The van der Waals surface area contributed by atoms with Crippen molar-refractivity contribution >= 4 is 0 Å². The van der Waals surface area contributed by atoms with Crippen molar-refractivity contribution in [3.05, 3.63) is 11.6 Å². The van der Waals surface area contributed by atoms with Gasteiger partial charge < -0.3 is 10.5 Å². The predicted molar refractivity (Wildman–Crippen MR) is 51.0 cm³/mol. The molecular weight excluding hydrogens is 150 g/mol. The standard InChI is InChI=1S/C10H19NO/c1-2-9(7-11)6-10-4-3-5-12-8-10/h6,10H,2-5,7-8,11H2,1H3/b9-6+. The smallest absolute Gasteiger partial charge is 0.0528 e. The minimum absolute atomic E-state index is 0.622. The monoisotopic (exact) mass is 169 g/mol. The van der Waals surface area contributed by atoms with Crippen LogP contribution < -0.4 is 5.73 Å². The molecule has 0 aliphatic carbocycles. The number of hydrogen-bond donors (Lipinski definition) is 1. The number of nitrogens with two attached hydrogens (primary N) is 1. The van der Waals surface area contributed by atoms with Gasteiger partial charge >= 0.3 is 0 Å². The Hall–Kier alpha value is -0.340. The average molecular weight is 169 g/mol. The second kappa shape index (κ2) is 5.33. The molecule has 12 heavy (non-hydrogen) atoms. The Morgan fingerprint density at radius 2 is 2.50 bits per heavy atom. The third-order valence-corrected chi connectivity index (χ3v) is 2.38. The summed E-state index contributed by atoms with van der Waals surface area (Å²) in [6.45, 7) is 4.69. The van der Waals surface area contributed by atoms with Crippen molar-refractivity contribution in [3.8, 4) is 0 Å².